The van der Waals surface area contributed by atoms with Gasteiger partial charge in [-0.05, 0) is 64.7 Å². The van der Waals surface area contributed by atoms with E-state index < -0.39 is 10.0 Å². The van der Waals surface area contributed by atoms with Crippen molar-refractivity contribution in [2.45, 2.75) is 69.5 Å². The molecule has 1 unspecified atom stereocenters. The Bertz CT molecular complexity index is 454. The first kappa shape index (κ1) is 16.7. The lowest BCUT2D eigenvalue weighted by Gasteiger charge is -2.44. The first-order chi connectivity index (χ1) is 10.5. The molecule has 0 amide bonds. The van der Waals surface area contributed by atoms with Gasteiger partial charge in [-0.3, -0.25) is 4.90 Å². The number of hydrogen-bond donors (Lipinski definition) is 1. The SMILES string of the molecule is CS(=O)(=O)N[C@@H]1CCCCC1N1CCC(N2CCCC2)CC1. The number of likely N-dealkylation sites (tertiary alicyclic amines) is 2. The van der Waals surface area contributed by atoms with Crippen LogP contribution in [0.1, 0.15) is 51.4 Å². The van der Waals surface area contributed by atoms with Crippen LogP contribution in [0.5, 0.6) is 0 Å². The zero-order valence-corrected chi connectivity index (χ0v) is 14.7. The molecule has 2 atom stereocenters. The molecule has 1 saturated carbocycles. The van der Waals surface area contributed by atoms with E-state index in [9.17, 15) is 8.42 Å². The molecule has 2 saturated heterocycles. The number of rotatable bonds is 4. The van der Waals surface area contributed by atoms with Gasteiger partial charge in [0.25, 0.3) is 0 Å². The first-order valence-electron chi connectivity index (χ1n) is 8.98. The predicted octanol–water partition coefficient (Wildman–Crippen LogP) is 1.41. The van der Waals surface area contributed by atoms with Crippen LogP contribution in [0.2, 0.25) is 0 Å². The van der Waals surface area contributed by atoms with E-state index in [4.69, 9.17) is 0 Å². The minimum atomic E-state index is -3.10. The summed E-state index contributed by atoms with van der Waals surface area (Å²) in [7, 11) is -3.10. The highest BCUT2D eigenvalue weighted by molar-refractivity contribution is 7.88. The summed E-state index contributed by atoms with van der Waals surface area (Å²) in [5.41, 5.74) is 0. The molecule has 1 aliphatic carbocycles. The molecule has 0 spiro atoms. The second-order valence-corrected chi connectivity index (χ2v) is 9.14. The Morgan fingerprint density at radius 2 is 1.45 bits per heavy atom. The van der Waals surface area contributed by atoms with Gasteiger partial charge in [0, 0.05) is 18.1 Å². The van der Waals surface area contributed by atoms with Crippen LogP contribution in [-0.2, 0) is 10.0 Å². The highest BCUT2D eigenvalue weighted by Crippen LogP contribution is 2.28. The molecular weight excluding hydrogens is 298 g/mol. The van der Waals surface area contributed by atoms with Crippen LogP contribution >= 0.6 is 0 Å². The maximum Gasteiger partial charge on any atom is 0.209 e. The molecular formula is C16H31N3O2S. The highest BCUT2D eigenvalue weighted by atomic mass is 32.2. The summed E-state index contributed by atoms with van der Waals surface area (Å²) in [5, 5.41) is 0. The largest absolute Gasteiger partial charge is 0.300 e. The van der Waals surface area contributed by atoms with Crippen LogP contribution < -0.4 is 4.72 Å². The molecule has 2 heterocycles. The number of nitrogens with zero attached hydrogens (tertiary/aromatic N) is 2. The van der Waals surface area contributed by atoms with E-state index in [1.807, 2.05) is 0 Å². The van der Waals surface area contributed by atoms with Crippen molar-refractivity contribution in [1.29, 1.82) is 0 Å². The van der Waals surface area contributed by atoms with Gasteiger partial charge in [-0.2, -0.15) is 0 Å². The molecule has 0 radical (unpaired) electrons. The monoisotopic (exact) mass is 329 g/mol. The Morgan fingerprint density at radius 1 is 0.818 bits per heavy atom. The average Bonchev–Trinajstić information content (AvgIpc) is 3.01. The Hall–Kier alpha value is -0.170. The summed E-state index contributed by atoms with van der Waals surface area (Å²) >= 11 is 0. The molecule has 128 valence electrons. The van der Waals surface area contributed by atoms with Gasteiger partial charge in [0.15, 0.2) is 0 Å². The van der Waals surface area contributed by atoms with Gasteiger partial charge in [-0.15, -0.1) is 0 Å². The number of hydrogen-bond acceptors (Lipinski definition) is 4. The Morgan fingerprint density at radius 3 is 2.09 bits per heavy atom. The van der Waals surface area contributed by atoms with Gasteiger partial charge >= 0.3 is 0 Å². The summed E-state index contributed by atoms with van der Waals surface area (Å²) in [5.74, 6) is 0. The van der Waals surface area contributed by atoms with Crippen LogP contribution in [0, 0.1) is 0 Å². The zero-order chi connectivity index (χ0) is 15.6. The molecule has 3 fully saturated rings. The van der Waals surface area contributed by atoms with E-state index in [-0.39, 0.29) is 6.04 Å². The fourth-order valence-electron chi connectivity index (χ4n) is 4.65. The molecule has 0 aromatic rings. The van der Waals surface area contributed by atoms with Crippen molar-refractivity contribution >= 4 is 10.0 Å². The predicted molar refractivity (Wildman–Crippen MR) is 89.4 cm³/mol. The standard InChI is InChI=1S/C16H31N3O2S/c1-22(20,21)17-15-6-2-3-7-16(15)19-12-8-14(9-13-19)18-10-4-5-11-18/h14-17H,2-13H2,1H3/t15-,16?/m1/s1. The third kappa shape index (κ3) is 4.22. The lowest BCUT2D eigenvalue weighted by molar-refractivity contribution is 0.0684. The van der Waals surface area contributed by atoms with Gasteiger partial charge in [-0.25, -0.2) is 13.1 Å². The Labute approximate surface area is 135 Å². The number of nitrogens with one attached hydrogen (secondary N) is 1. The fraction of sp³-hybridized carbons (Fsp3) is 1.00. The second-order valence-electron chi connectivity index (χ2n) is 7.36. The van der Waals surface area contributed by atoms with E-state index >= 15 is 0 Å². The summed E-state index contributed by atoms with van der Waals surface area (Å²) in [6.45, 7) is 4.83. The molecule has 6 heteroatoms. The minimum Gasteiger partial charge on any atom is -0.300 e. The average molecular weight is 330 g/mol. The van der Waals surface area contributed by atoms with Crippen molar-refractivity contribution in [2.75, 3.05) is 32.4 Å². The molecule has 0 aromatic heterocycles. The lowest BCUT2D eigenvalue weighted by Crippen LogP contribution is -2.56. The maximum atomic E-state index is 11.6. The van der Waals surface area contributed by atoms with Crippen molar-refractivity contribution in [3.05, 3.63) is 0 Å². The fourth-order valence-corrected chi connectivity index (χ4v) is 5.48. The van der Waals surface area contributed by atoms with Crippen LogP contribution in [-0.4, -0.2) is 68.8 Å². The topological polar surface area (TPSA) is 52.7 Å². The van der Waals surface area contributed by atoms with Crippen LogP contribution in [0.4, 0.5) is 0 Å². The third-order valence-corrected chi connectivity index (χ3v) is 6.45. The van der Waals surface area contributed by atoms with Gasteiger partial charge < -0.3 is 4.90 Å². The van der Waals surface area contributed by atoms with Crippen molar-refractivity contribution in [2.24, 2.45) is 0 Å². The van der Waals surface area contributed by atoms with E-state index in [2.05, 4.69) is 14.5 Å². The molecule has 5 nitrogen and oxygen atoms in total. The van der Waals surface area contributed by atoms with Gasteiger partial charge in [0.2, 0.25) is 10.0 Å². The van der Waals surface area contributed by atoms with Gasteiger partial charge in [0.1, 0.15) is 0 Å². The normalized spacial score (nSPS) is 33.3. The highest BCUT2D eigenvalue weighted by Gasteiger charge is 2.35. The quantitative estimate of drug-likeness (QED) is 0.847. The minimum absolute atomic E-state index is 0.118. The van der Waals surface area contributed by atoms with Crippen molar-refractivity contribution in [3.63, 3.8) is 0 Å². The first-order valence-corrected chi connectivity index (χ1v) is 10.9. The summed E-state index contributed by atoms with van der Waals surface area (Å²) in [4.78, 5) is 5.24. The van der Waals surface area contributed by atoms with Crippen LogP contribution in [0.3, 0.4) is 0 Å². The number of piperidine rings is 1. The molecule has 2 aliphatic heterocycles. The Kier molecular flexibility index (Phi) is 5.43. The number of sulfonamides is 1. The maximum absolute atomic E-state index is 11.6. The van der Waals surface area contributed by atoms with E-state index in [1.165, 1.54) is 51.4 Å². The third-order valence-electron chi connectivity index (χ3n) is 5.72. The van der Waals surface area contributed by atoms with Crippen LogP contribution in [0.25, 0.3) is 0 Å². The van der Waals surface area contributed by atoms with E-state index in [1.54, 1.807) is 0 Å². The summed E-state index contributed by atoms with van der Waals surface area (Å²) < 4.78 is 26.1. The smallest absolute Gasteiger partial charge is 0.209 e. The molecule has 0 aromatic carbocycles. The Balaban J connectivity index is 1.56. The molecule has 0 bridgehead atoms. The zero-order valence-electron chi connectivity index (χ0n) is 13.8. The van der Waals surface area contributed by atoms with Crippen molar-refractivity contribution < 1.29 is 8.42 Å². The van der Waals surface area contributed by atoms with Gasteiger partial charge in [0.05, 0.1) is 6.26 Å². The molecule has 3 rings (SSSR count). The van der Waals surface area contributed by atoms with E-state index in [0.29, 0.717) is 6.04 Å². The van der Waals surface area contributed by atoms with Gasteiger partial charge in [-0.1, -0.05) is 12.8 Å². The molecule has 1 N–H and O–H groups in total. The van der Waals surface area contributed by atoms with Crippen LogP contribution in [0.15, 0.2) is 0 Å². The van der Waals surface area contributed by atoms with Crippen molar-refractivity contribution in [1.82, 2.24) is 14.5 Å². The molecule has 3 aliphatic rings. The summed E-state index contributed by atoms with van der Waals surface area (Å²) in [6.07, 6.45) is 11.0. The molecule has 22 heavy (non-hydrogen) atoms. The van der Waals surface area contributed by atoms with Crippen molar-refractivity contribution in [3.8, 4) is 0 Å². The lowest BCUT2D eigenvalue weighted by atomic mass is 9.88. The summed E-state index contributed by atoms with van der Waals surface area (Å²) in [6, 6.07) is 1.29. The second kappa shape index (κ2) is 7.16. The van der Waals surface area contributed by atoms with E-state index in [0.717, 1.165) is 38.4 Å².